The van der Waals surface area contributed by atoms with Gasteiger partial charge in [-0.3, -0.25) is 9.78 Å². The van der Waals surface area contributed by atoms with E-state index in [1.54, 1.807) is 12.3 Å². The highest BCUT2D eigenvalue weighted by Gasteiger charge is 2.04. The number of nitrogens with zero attached hydrogens (tertiary/aromatic N) is 2. The molecule has 23 heavy (non-hydrogen) atoms. The number of aromatic nitrogens is 2. The van der Waals surface area contributed by atoms with Crippen molar-refractivity contribution in [3.63, 3.8) is 0 Å². The molecule has 1 aromatic heterocycles. The average molecular weight is 307 g/mol. The van der Waals surface area contributed by atoms with Gasteiger partial charge in [-0.15, -0.1) is 0 Å². The van der Waals surface area contributed by atoms with Crippen molar-refractivity contribution in [1.29, 1.82) is 0 Å². The number of carbonyl (C=O) groups excluding carboxylic acids is 1. The molecule has 0 atom stereocenters. The van der Waals surface area contributed by atoms with Crippen molar-refractivity contribution in [1.82, 2.24) is 15.3 Å². The second-order valence-electron chi connectivity index (χ2n) is 5.77. The van der Waals surface area contributed by atoms with Crippen LogP contribution in [0.1, 0.15) is 37.8 Å². The van der Waals surface area contributed by atoms with Gasteiger partial charge in [-0.25, -0.2) is 4.98 Å². The topological polar surface area (TPSA) is 54.9 Å². The Kier molecular flexibility index (Phi) is 5.14. The van der Waals surface area contributed by atoms with E-state index in [2.05, 4.69) is 21.4 Å². The third-order valence-corrected chi connectivity index (χ3v) is 4.00. The van der Waals surface area contributed by atoms with Crippen LogP contribution in [-0.4, -0.2) is 22.4 Å². The fourth-order valence-electron chi connectivity index (χ4n) is 2.75. The van der Waals surface area contributed by atoms with E-state index in [-0.39, 0.29) is 5.91 Å². The second kappa shape index (κ2) is 7.68. The van der Waals surface area contributed by atoms with Crippen molar-refractivity contribution in [3.05, 3.63) is 53.9 Å². The maximum Gasteiger partial charge on any atom is 0.244 e. The van der Waals surface area contributed by atoms with Crippen LogP contribution in [0.3, 0.4) is 0 Å². The zero-order chi connectivity index (χ0) is 15.9. The van der Waals surface area contributed by atoms with Gasteiger partial charge in [0.15, 0.2) is 0 Å². The molecule has 1 aliphatic carbocycles. The lowest BCUT2D eigenvalue weighted by molar-refractivity contribution is -0.116. The Morgan fingerprint density at radius 3 is 2.91 bits per heavy atom. The predicted octanol–water partition coefficient (Wildman–Crippen LogP) is 3.65. The van der Waals surface area contributed by atoms with Crippen LogP contribution < -0.4 is 5.32 Å². The van der Waals surface area contributed by atoms with Crippen LogP contribution in [0.15, 0.2) is 48.2 Å². The van der Waals surface area contributed by atoms with Crippen molar-refractivity contribution >= 4 is 23.0 Å². The number of hydrogen-bond donors (Lipinski definition) is 1. The molecular formula is C19H21N3O. The number of para-hydroxylation sites is 2. The molecule has 0 saturated heterocycles. The number of rotatable bonds is 5. The second-order valence-corrected chi connectivity index (χ2v) is 5.77. The minimum absolute atomic E-state index is 0.0867. The summed E-state index contributed by atoms with van der Waals surface area (Å²) >= 11 is 0. The monoisotopic (exact) mass is 307 g/mol. The van der Waals surface area contributed by atoms with Crippen molar-refractivity contribution in [2.45, 2.75) is 32.1 Å². The minimum atomic E-state index is -0.0867. The largest absolute Gasteiger partial charge is 0.352 e. The zero-order valence-corrected chi connectivity index (χ0v) is 13.2. The first kappa shape index (κ1) is 15.4. The lowest BCUT2D eigenvalue weighted by Gasteiger charge is -2.12. The highest BCUT2D eigenvalue weighted by molar-refractivity contribution is 5.91. The third-order valence-electron chi connectivity index (χ3n) is 4.00. The van der Waals surface area contributed by atoms with Gasteiger partial charge in [-0.2, -0.15) is 0 Å². The van der Waals surface area contributed by atoms with Crippen LogP contribution >= 0.6 is 0 Å². The molecule has 4 nitrogen and oxygen atoms in total. The van der Waals surface area contributed by atoms with E-state index < -0.39 is 0 Å². The Labute approximate surface area is 136 Å². The average Bonchev–Trinajstić information content (AvgIpc) is 2.61. The Hall–Kier alpha value is -2.49. The van der Waals surface area contributed by atoms with Gasteiger partial charge in [0.2, 0.25) is 5.91 Å². The van der Waals surface area contributed by atoms with Gasteiger partial charge >= 0.3 is 0 Å². The van der Waals surface area contributed by atoms with Crippen molar-refractivity contribution < 1.29 is 4.79 Å². The molecular weight excluding hydrogens is 286 g/mol. The summed E-state index contributed by atoms with van der Waals surface area (Å²) in [5.41, 5.74) is 3.85. The summed E-state index contributed by atoms with van der Waals surface area (Å²) in [4.78, 5) is 20.6. The fourth-order valence-corrected chi connectivity index (χ4v) is 2.75. The maximum absolute atomic E-state index is 11.9. The third kappa shape index (κ3) is 4.49. The molecule has 0 aliphatic heterocycles. The Bertz CT molecular complexity index is 749. The Balaban J connectivity index is 1.51. The summed E-state index contributed by atoms with van der Waals surface area (Å²) in [5.74, 6) is -0.0867. The SMILES string of the molecule is O=C(/C=C/c1cnc2ccccc2n1)NCCC1=CCCCC1. The van der Waals surface area contributed by atoms with E-state index in [0.717, 1.165) is 17.5 Å². The smallest absolute Gasteiger partial charge is 0.244 e. The lowest BCUT2D eigenvalue weighted by atomic mass is 9.97. The van der Waals surface area contributed by atoms with Gasteiger partial charge in [0.25, 0.3) is 0 Å². The van der Waals surface area contributed by atoms with Crippen LogP contribution in [0.4, 0.5) is 0 Å². The van der Waals surface area contributed by atoms with E-state index in [0.29, 0.717) is 12.2 Å². The number of hydrogen-bond acceptors (Lipinski definition) is 3. The molecule has 1 amide bonds. The highest BCUT2D eigenvalue weighted by atomic mass is 16.1. The molecule has 3 rings (SSSR count). The van der Waals surface area contributed by atoms with E-state index in [1.807, 2.05) is 24.3 Å². The van der Waals surface area contributed by atoms with Gasteiger partial charge in [0.1, 0.15) is 0 Å². The first-order valence-electron chi connectivity index (χ1n) is 8.17. The van der Waals surface area contributed by atoms with Crippen molar-refractivity contribution in [2.75, 3.05) is 6.54 Å². The van der Waals surface area contributed by atoms with Crippen LogP contribution in [0.25, 0.3) is 17.1 Å². The number of nitrogens with one attached hydrogen (secondary N) is 1. The van der Waals surface area contributed by atoms with Gasteiger partial charge in [0.05, 0.1) is 22.9 Å². The summed E-state index contributed by atoms with van der Waals surface area (Å²) in [7, 11) is 0. The molecule has 0 unspecified atom stereocenters. The molecule has 0 fully saturated rings. The van der Waals surface area contributed by atoms with Crippen LogP contribution in [-0.2, 0) is 4.79 Å². The fraction of sp³-hybridized carbons (Fsp3) is 0.316. The van der Waals surface area contributed by atoms with Crippen LogP contribution in [0.2, 0.25) is 0 Å². The molecule has 118 valence electrons. The Morgan fingerprint density at radius 1 is 1.22 bits per heavy atom. The normalized spacial score (nSPS) is 14.9. The summed E-state index contributed by atoms with van der Waals surface area (Å²) in [6, 6.07) is 7.69. The van der Waals surface area contributed by atoms with Crippen molar-refractivity contribution in [3.8, 4) is 0 Å². The number of fused-ring (bicyclic) bond motifs is 1. The minimum Gasteiger partial charge on any atom is -0.352 e. The number of benzene rings is 1. The van der Waals surface area contributed by atoms with E-state index >= 15 is 0 Å². The number of carbonyl (C=O) groups is 1. The van der Waals surface area contributed by atoms with Gasteiger partial charge in [-0.1, -0.05) is 23.8 Å². The standard InChI is InChI=1S/C19H21N3O/c23-19(20-13-12-15-6-2-1-3-7-15)11-10-16-14-21-17-8-4-5-9-18(17)22-16/h4-6,8-11,14H,1-3,7,12-13H2,(H,20,23)/b11-10+. The summed E-state index contributed by atoms with van der Waals surface area (Å²) in [5, 5.41) is 2.92. The predicted molar refractivity (Wildman–Crippen MR) is 92.7 cm³/mol. The first-order valence-corrected chi connectivity index (χ1v) is 8.17. The molecule has 0 radical (unpaired) electrons. The van der Waals surface area contributed by atoms with E-state index in [9.17, 15) is 4.79 Å². The highest BCUT2D eigenvalue weighted by Crippen LogP contribution is 2.19. The molecule has 0 bridgehead atoms. The first-order chi connectivity index (χ1) is 11.3. The maximum atomic E-state index is 11.9. The van der Waals surface area contributed by atoms with Gasteiger partial charge < -0.3 is 5.32 Å². The van der Waals surface area contributed by atoms with Crippen LogP contribution in [0, 0.1) is 0 Å². The van der Waals surface area contributed by atoms with E-state index in [1.165, 1.54) is 37.3 Å². The molecule has 1 aromatic carbocycles. The quantitative estimate of drug-likeness (QED) is 0.677. The molecule has 0 saturated carbocycles. The molecule has 2 aromatic rings. The zero-order valence-electron chi connectivity index (χ0n) is 13.2. The number of allylic oxidation sites excluding steroid dienone is 1. The van der Waals surface area contributed by atoms with Crippen LogP contribution in [0.5, 0.6) is 0 Å². The van der Waals surface area contributed by atoms with E-state index in [4.69, 9.17) is 0 Å². The summed E-state index contributed by atoms with van der Waals surface area (Å²) in [6.07, 6.45) is 13.1. The molecule has 1 heterocycles. The molecule has 1 N–H and O–H groups in total. The Morgan fingerprint density at radius 2 is 2.09 bits per heavy atom. The van der Waals surface area contributed by atoms with Gasteiger partial charge in [0, 0.05) is 12.6 Å². The van der Waals surface area contributed by atoms with Gasteiger partial charge in [-0.05, 0) is 50.3 Å². The summed E-state index contributed by atoms with van der Waals surface area (Å²) < 4.78 is 0. The lowest BCUT2D eigenvalue weighted by Crippen LogP contribution is -2.22. The molecule has 1 aliphatic rings. The number of amides is 1. The summed E-state index contributed by atoms with van der Waals surface area (Å²) in [6.45, 7) is 0.693. The molecule has 0 spiro atoms. The van der Waals surface area contributed by atoms with Crippen molar-refractivity contribution in [2.24, 2.45) is 0 Å². The molecule has 4 heteroatoms.